The highest BCUT2D eigenvalue weighted by atomic mass is 79.9. The Hall–Kier alpha value is -0.380. The lowest BCUT2D eigenvalue weighted by atomic mass is 9.82. The largest absolute Gasteiger partial charge is 0.330 e. The van der Waals surface area contributed by atoms with Crippen LogP contribution >= 0.6 is 15.9 Å². The van der Waals surface area contributed by atoms with Crippen LogP contribution < -0.4 is 5.73 Å². The molecule has 1 fully saturated rings. The molecule has 0 aliphatic heterocycles. The summed E-state index contributed by atoms with van der Waals surface area (Å²) in [5, 5.41) is 0. The van der Waals surface area contributed by atoms with Gasteiger partial charge in [0.25, 0.3) is 0 Å². The average Bonchev–Trinajstić information content (AvgIpc) is 2.49. The fourth-order valence-corrected chi connectivity index (χ4v) is 3.89. The van der Waals surface area contributed by atoms with Crippen LogP contribution in [0.15, 0.2) is 28.7 Å². The fraction of sp³-hybridized carbons (Fsp3) is 0.647. The van der Waals surface area contributed by atoms with Crippen molar-refractivity contribution in [1.29, 1.82) is 0 Å². The van der Waals surface area contributed by atoms with Crippen molar-refractivity contribution < 1.29 is 0 Å². The van der Waals surface area contributed by atoms with Crippen LogP contribution in [0.25, 0.3) is 0 Å². The van der Waals surface area contributed by atoms with E-state index in [1.54, 1.807) is 0 Å². The lowest BCUT2D eigenvalue weighted by Gasteiger charge is -2.42. The van der Waals surface area contributed by atoms with E-state index in [4.69, 9.17) is 5.73 Å². The molecule has 3 unspecified atom stereocenters. The van der Waals surface area contributed by atoms with Crippen LogP contribution in [0.4, 0.5) is 0 Å². The number of rotatable bonds is 5. The highest BCUT2D eigenvalue weighted by Gasteiger charge is 2.31. The van der Waals surface area contributed by atoms with Gasteiger partial charge in [-0.3, -0.25) is 4.90 Å². The van der Waals surface area contributed by atoms with Crippen LogP contribution in [0.3, 0.4) is 0 Å². The summed E-state index contributed by atoms with van der Waals surface area (Å²) in [4.78, 5) is 2.65. The van der Waals surface area contributed by atoms with Crippen molar-refractivity contribution in [2.24, 2.45) is 11.7 Å². The molecule has 1 aliphatic rings. The Morgan fingerprint density at radius 1 is 1.25 bits per heavy atom. The molecule has 0 amide bonds. The normalized spacial score (nSPS) is 24.9. The molecule has 3 atom stereocenters. The van der Waals surface area contributed by atoms with Crippen molar-refractivity contribution in [2.75, 3.05) is 13.1 Å². The lowest BCUT2D eigenvalue weighted by molar-refractivity contribution is 0.0769. The zero-order chi connectivity index (χ0) is 14.5. The third-order valence-corrected chi connectivity index (χ3v) is 5.34. The zero-order valence-corrected chi connectivity index (χ0v) is 14.3. The quantitative estimate of drug-likeness (QED) is 0.864. The van der Waals surface area contributed by atoms with Gasteiger partial charge in [-0.15, -0.1) is 0 Å². The molecule has 2 N–H and O–H groups in total. The molecule has 1 aliphatic carbocycles. The molecule has 112 valence electrons. The summed E-state index contributed by atoms with van der Waals surface area (Å²) in [7, 11) is 0. The summed E-state index contributed by atoms with van der Waals surface area (Å²) in [6.45, 7) is 6.53. The predicted octanol–water partition coefficient (Wildman–Crippen LogP) is 4.35. The molecule has 1 aromatic carbocycles. The average molecular weight is 339 g/mol. The van der Waals surface area contributed by atoms with Gasteiger partial charge in [0.1, 0.15) is 0 Å². The molecule has 0 aromatic heterocycles. The van der Waals surface area contributed by atoms with Crippen molar-refractivity contribution in [1.82, 2.24) is 4.90 Å². The standard InChI is InChI=1S/C17H27BrN2/c1-3-20(17-7-5-4-6-15(17)12-19)13(2)14-8-10-16(18)11-9-14/h8-11,13,15,17H,3-7,12,19H2,1-2H3. The SMILES string of the molecule is CCN(C(C)c1ccc(Br)cc1)C1CCCCC1CN. The van der Waals surface area contributed by atoms with E-state index in [1.165, 1.54) is 31.2 Å². The molecular weight excluding hydrogens is 312 g/mol. The summed E-state index contributed by atoms with van der Waals surface area (Å²) < 4.78 is 1.15. The molecule has 0 heterocycles. The third kappa shape index (κ3) is 3.63. The van der Waals surface area contributed by atoms with E-state index >= 15 is 0 Å². The zero-order valence-electron chi connectivity index (χ0n) is 12.7. The van der Waals surface area contributed by atoms with Crippen LogP contribution in [0.1, 0.15) is 51.1 Å². The monoisotopic (exact) mass is 338 g/mol. The van der Waals surface area contributed by atoms with Crippen LogP contribution in [0.5, 0.6) is 0 Å². The maximum Gasteiger partial charge on any atom is 0.0322 e. The van der Waals surface area contributed by atoms with Gasteiger partial charge in [0, 0.05) is 16.6 Å². The highest BCUT2D eigenvalue weighted by molar-refractivity contribution is 9.10. The van der Waals surface area contributed by atoms with Gasteiger partial charge in [0.2, 0.25) is 0 Å². The van der Waals surface area contributed by atoms with Gasteiger partial charge in [-0.05, 0) is 56.5 Å². The summed E-state index contributed by atoms with van der Waals surface area (Å²) in [6.07, 6.45) is 5.30. The van der Waals surface area contributed by atoms with Crippen LogP contribution in [0, 0.1) is 5.92 Å². The Balaban J connectivity index is 2.15. The van der Waals surface area contributed by atoms with E-state index in [9.17, 15) is 0 Å². The van der Waals surface area contributed by atoms with Crippen LogP contribution in [-0.4, -0.2) is 24.0 Å². The van der Waals surface area contributed by atoms with Gasteiger partial charge in [0.05, 0.1) is 0 Å². The second kappa shape index (κ2) is 7.58. The van der Waals surface area contributed by atoms with Crippen molar-refractivity contribution >= 4 is 15.9 Å². The first kappa shape index (κ1) is 16.0. The number of hydrogen-bond donors (Lipinski definition) is 1. The van der Waals surface area contributed by atoms with Crippen LogP contribution in [0.2, 0.25) is 0 Å². The van der Waals surface area contributed by atoms with Crippen molar-refractivity contribution in [3.63, 3.8) is 0 Å². The van der Waals surface area contributed by atoms with Gasteiger partial charge >= 0.3 is 0 Å². The summed E-state index contributed by atoms with van der Waals surface area (Å²) in [5.41, 5.74) is 7.41. The molecule has 0 spiro atoms. The maximum atomic E-state index is 6.01. The number of halogens is 1. The maximum absolute atomic E-state index is 6.01. The minimum Gasteiger partial charge on any atom is -0.330 e. The van der Waals surface area contributed by atoms with Crippen molar-refractivity contribution in [3.05, 3.63) is 34.3 Å². The molecule has 1 aromatic rings. The Labute approximate surface area is 131 Å². The minimum atomic E-state index is 0.463. The second-order valence-electron chi connectivity index (χ2n) is 5.91. The van der Waals surface area contributed by atoms with Gasteiger partial charge in [0.15, 0.2) is 0 Å². The first-order valence-electron chi connectivity index (χ1n) is 7.88. The van der Waals surface area contributed by atoms with Gasteiger partial charge in [-0.1, -0.05) is 47.8 Å². The predicted molar refractivity (Wildman–Crippen MR) is 89.7 cm³/mol. The topological polar surface area (TPSA) is 29.3 Å². The van der Waals surface area contributed by atoms with E-state index < -0.39 is 0 Å². The number of benzene rings is 1. The summed E-state index contributed by atoms with van der Waals surface area (Å²) in [6, 6.07) is 9.86. The Morgan fingerprint density at radius 2 is 1.90 bits per heavy atom. The molecule has 0 bridgehead atoms. The third-order valence-electron chi connectivity index (χ3n) is 4.81. The number of hydrogen-bond acceptors (Lipinski definition) is 2. The molecular formula is C17H27BrN2. The Bertz CT molecular complexity index is 404. The first-order valence-corrected chi connectivity index (χ1v) is 8.68. The Kier molecular flexibility index (Phi) is 6.06. The minimum absolute atomic E-state index is 0.463. The number of nitrogens with zero attached hydrogens (tertiary/aromatic N) is 1. The highest BCUT2D eigenvalue weighted by Crippen LogP contribution is 2.33. The van der Waals surface area contributed by atoms with E-state index in [0.29, 0.717) is 18.0 Å². The summed E-state index contributed by atoms with van der Waals surface area (Å²) >= 11 is 3.52. The molecule has 1 saturated carbocycles. The van der Waals surface area contributed by atoms with Crippen LogP contribution in [-0.2, 0) is 0 Å². The smallest absolute Gasteiger partial charge is 0.0322 e. The van der Waals surface area contributed by atoms with Crippen molar-refractivity contribution in [2.45, 2.75) is 51.6 Å². The van der Waals surface area contributed by atoms with Gasteiger partial charge in [-0.25, -0.2) is 0 Å². The second-order valence-corrected chi connectivity index (χ2v) is 6.82. The van der Waals surface area contributed by atoms with E-state index in [0.717, 1.165) is 17.6 Å². The van der Waals surface area contributed by atoms with Gasteiger partial charge in [-0.2, -0.15) is 0 Å². The van der Waals surface area contributed by atoms with E-state index in [2.05, 4.69) is 58.9 Å². The molecule has 2 nitrogen and oxygen atoms in total. The molecule has 2 rings (SSSR count). The first-order chi connectivity index (χ1) is 9.67. The molecule has 0 saturated heterocycles. The lowest BCUT2D eigenvalue weighted by Crippen LogP contribution is -2.46. The Morgan fingerprint density at radius 3 is 2.50 bits per heavy atom. The van der Waals surface area contributed by atoms with E-state index in [1.807, 2.05) is 0 Å². The fourth-order valence-electron chi connectivity index (χ4n) is 3.63. The number of nitrogens with two attached hydrogens (primary N) is 1. The van der Waals surface area contributed by atoms with Gasteiger partial charge < -0.3 is 5.73 Å². The summed E-state index contributed by atoms with van der Waals surface area (Å²) in [5.74, 6) is 0.668. The van der Waals surface area contributed by atoms with Crippen molar-refractivity contribution in [3.8, 4) is 0 Å². The molecule has 20 heavy (non-hydrogen) atoms. The molecule has 3 heteroatoms. The molecule has 0 radical (unpaired) electrons. The van der Waals surface area contributed by atoms with E-state index in [-0.39, 0.29) is 0 Å².